The van der Waals surface area contributed by atoms with Crippen molar-refractivity contribution in [2.75, 3.05) is 0 Å². The summed E-state index contributed by atoms with van der Waals surface area (Å²) in [6.45, 7) is 5.61. The molecule has 0 radical (unpaired) electrons. The number of sulfonamides is 1. The fourth-order valence-corrected chi connectivity index (χ4v) is 4.60. The van der Waals surface area contributed by atoms with Crippen LogP contribution in [0.15, 0.2) is 17.0 Å². The third-order valence-electron chi connectivity index (χ3n) is 4.32. The van der Waals surface area contributed by atoms with E-state index in [1.165, 1.54) is 0 Å². The molecule has 2 N–H and O–H groups in total. The van der Waals surface area contributed by atoms with Gasteiger partial charge in [0.05, 0.1) is 11.5 Å². The molecular weight excluding hydrogens is 274 g/mol. The molecule has 1 aliphatic rings. The molecule has 20 heavy (non-hydrogen) atoms. The Morgan fingerprint density at radius 1 is 1.30 bits per heavy atom. The molecule has 1 aliphatic carbocycles. The number of hydrogen-bond acceptors (Lipinski definition) is 3. The number of aryl methyl sites for hydroxylation is 1. The fraction of sp³-hybridized carbons (Fsp3) is 0.600. The lowest BCUT2D eigenvalue weighted by atomic mass is 10.1. The van der Waals surface area contributed by atoms with Gasteiger partial charge in [-0.15, -0.1) is 0 Å². The summed E-state index contributed by atoms with van der Waals surface area (Å²) >= 11 is 0. The van der Waals surface area contributed by atoms with Gasteiger partial charge in [0.25, 0.3) is 0 Å². The molecule has 0 bridgehead atoms. The Bertz CT molecular complexity index is 595. The van der Waals surface area contributed by atoms with E-state index in [2.05, 4.69) is 11.6 Å². The van der Waals surface area contributed by atoms with E-state index in [4.69, 9.17) is 0 Å². The lowest BCUT2D eigenvalue weighted by molar-refractivity contribution is 0.281. The normalized spacial score (nSPS) is 23.2. The first-order valence-electron chi connectivity index (χ1n) is 7.08. The van der Waals surface area contributed by atoms with E-state index in [1.54, 1.807) is 6.07 Å². The van der Waals surface area contributed by atoms with Crippen LogP contribution < -0.4 is 4.72 Å². The lowest BCUT2D eigenvalue weighted by Gasteiger charge is -2.19. The Labute approximate surface area is 121 Å². The Morgan fingerprint density at radius 3 is 2.55 bits per heavy atom. The minimum absolute atomic E-state index is 0.0255. The third-order valence-corrected chi connectivity index (χ3v) is 5.94. The van der Waals surface area contributed by atoms with E-state index in [-0.39, 0.29) is 12.6 Å². The van der Waals surface area contributed by atoms with Crippen molar-refractivity contribution in [2.45, 2.75) is 57.6 Å². The largest absolute Gasteiger partial charge is 0.392 e. The van der Waals surface area contributed by atoms with Crippen molar-refractivity contribution in [3.05, 3.63) is 28.8 Å². The van der Waals surface area contributed by atoms with Crippen LogP contribution in [0.1, 0.15) is 42.9 Å². The van der Waals surface area contributed by atoms with Crippen LogP contribution in [-0.2, 0) is 16.6 Å². The minimum atomic E-state index is -3.52. The molecule has 112 valence electrons. The summed E-state index contributed by atoms with van der Waals surface area (Å²) in [5.41, 5.74) is 2.27. The van der Waals surface area contributed by atoms with Crippen LogP contribution in [0.5, 0.6) is 0 Å². The molecule has 0 saturated heterocycles. The summed E-state index contributed by atoms with van der Waals surface area (Å²) in [5, 5.41) is 9.25. The molecule has 2 rings (SSSR count). The van der Waals surface area contributed by atoms with Gasteiger partial charge in [0.2, 0.25) is 10.0 Å². The number of hydrogen-bond donors (Lipinski definition) is 2. The Kier molecular flexibility index (Phi) is 4.52. The maximum Gasteiger partial charge on any atom is 0.241 e. The number of nitrogens with one attached hydrogen (secondary N) is 1. The Balaban J connectivity index is 2.36. The van der Waals surface area contributed by atoms with E-state index in [1.807, 2.05) is 19.9 Å². The molecule has 5 heteroatoms. The van der Waals surface area contributed by atoms with Crippen LogP contribution in [0.3, 0.4) is 0 Å². The van der Waals surface area contributed by atoms with Gasteiger partial charge in [-0.05, 0) is 55.4 Å². The molecular formula is C15H23NO3S. The smallest absolute Gasteiger partial charge is 0.241 e. The predicted octanol–water partition coefficient (Wildman–Crippen LogP) is 2.26. The van der Waals surface area contributed by atoms with Gasteiger partial charge in [0.1, 0.15) is 0 Å². The van der Waals surface area contributed by atoms with Crippen molar-refractivity contribution in [3.8, 4) is 0 Å². The highest BCUT2D eigenvalue weighted by atomic mass is 32.2. The Morgan fingerprint density at radius 2 is 2.00 bits per heavy atom. The average Bonchev–Trinajstić information content (AvgIpc) is 2.77. The topological polar surface area (TPSA) is 66.4 Å². The van der Waals surface area contributed by atoms with E-state index in [9.17, 15) is 13.5 Å². The molecule has 0 aliphatic heterocycles. The molecule has 0 heterocycles. The van der Waals surface area contributed by atoms with E-state index in [0.29, 0.717) is 16.4 Å². The highest BCUT2D eigenvalue weighted by Gasteiger charge is 2.29. The van der Waals surface area contributed by atoms with E-state index < -0.39 is 10.0 Å². The van der Waals surface area contributed by atoms with Crippen LogP contribution in [0.2, 0.25) is 0 Å². The summed E-state index contributed by atoms with van der Waals surface area (Å²) < 4.78 is 28.0. The van der Waals surface area contributed by atoms with E-state index >= 15 is 0 Å². The van der Waals surface area contributed by atoms with Crippen LogP contribution in [0, 0.1) is 19.8 Å². The predicted molar refractivity (Wildman–Crippen MR) is 79.0 cm³/mol. The maximum atomic E-state index is 12.6. The summed E-state index contributed by atoms with van der Waals surface area (Å²) in [6, 6.07) is 3.43. The summed E-state index contributed by atoms with van der Waals surface area (Å²) in [4.78, 5) is 0.292. The molecule has 1 fully saturated rings. The van der Waals surface area contributed by atoms with Gasteiger partial charge in [0, 0.05) is 6.04 Å². The van der Waals surface area contributed by atoms with Crippen molar-refractivity contribution in [3.63, 3.8) is 0 Å². The van der Waals surface area contributed by atoms with Gasteiger partial charge in [0.15, 0.2) is 0 Å². The van der Waals surface area contributed by atoms with Gasteiger partial charge >= 0.3 is 0 Å². The van der Waals surface area contributed by atoms with Crippen molar-refractivity contribution in [1.82, 2.24) is 4.72 Å². The van der Waals surface area contributed by atoms with Crippen molar-refractivity contribution >= 4 is 10.0 Å². The van der Waals surface area contributed by atoms with Gasteiger partial charge in [-0.2, -0.15) is 0 Å². The number of aliphatic hydroxyl groups is 1. The molecule has 0 aromatic heterocycles. The first kappa shape index (κ1) is 15.5. The molecule has 0 amide bonds. The summed E-state index contributed by atoms with van der Waals surface area (Å²) in [7, 11) is -3.52. The molecule has 4 nitrogen and oxygen atoms in total. The third kappa shape index (κ3) is 3.05. The summed E-state index contributed by atoms with van der Waals surface area (Å²) in [6.07, 6.45) is 3.04. The second-order valence-corrected chi connectivity index (χ2v) is 7.51. The SMILES string of the molecule is Cc1cc(CO)cc(S(=O)(=O)NC2CCCC2C)c1C. The zero-order valence-corrected chi connectivity index (χ0v) is 13.1. The maximum absolute atomic E-state index is 12.6. The monoisotopic (exact) mass is 297 g/mol. The highest BCUT2D eigenvalue weighted by Crippen LogP contribution is 2.28. The highest BCUT2D eigenvalue weighted by molar-refractivity contribution is 7.89. The first-order valence-corrected chi connectivity index (χ1v) is 8.57. The van der Waals surface area contributed by atoms with Crippen molar-refractivity contribution in [1.29, 1.82) is 0 Å². The van der Waals surface area contributed by atoms with Gasteiger partial charge in [-0.25, -0.2) is 13.1 Å². The molecule has 0 spiro atoms. The molecule has 2 unspecified atom stereocenters. The molecule has 1 aromatic carbocycles. The lowest BCUT2D eigenvalue weighted by Crippen LogP contribution is -2.36. The summed E-state index contributed by atoms with van der Waals surface area (Å²) in [5.74, 6) is 0.382. The second-order valence-electron chi connectivity index (χ2n) is 5.83. The first-order chi connectivity index (χ1) is 9.35. The van der Waals surface area contributed by atoms with Crippen LogP contribution >= 0.6 is 0 Å². The Hall–Kier alpha value is -0.910. The number of benzene rings is 1. The standard InChI is InChI=1S/C15H23NO3S/c1-10-5-4-6-14(10)16-20(18,19)15-8-13(9-17)7-11(2)12(15)3/h7-8,10,14,16-17H,4-6,9H2,1-3H3. The van der Waals surface area contributed by atoms with Crippen LogP contribution in [-0.4, -0.2) is 19.6 Å². The number of aliphatic hydroxyl groups excluding tert-OH is 1. The van der Waals surface area contributed by atoms with Crippen molar-refractivity contribution in [2.24, 2.45) is 5.92 Å². The molecule has 1 aromatic rings. The zero-order valence-electron chi connectivity index (χ0n) is 12.3. The van der Waals surface area contributed by atoms with Gasteiger partial charge < -0.3 is 5.11 Å². The molecule has 1 saturated carbocycles. The second kappa shape index (κ2) is 5.84. The van der Waals surface area contributed by atoms with Crippen molar-refractivity contribution < 1.29 is 13.5 Å². The molecule has 2 atom stereocenters. The van der Waals surface area contributed by atoms with Gasteiger partial charge in [-0.3, -0.25) is 0 Å². The fourth-order valence-electron chi connectivity index (χ4n) is 2.85. The zero-order chi connectivity index (χ0) is 14.9. The van der Waals surface area contributed by atoms with E-state index in [0.717, 1.165) is 30.4 Å². The van der Waals surface area contributed by atoms with Crippen LogP contribution in [0.25, 0.3) is 0 Å². The van der Waals surface area contributed by atoms with Gasteiger partial charge in [-0.1, -0.05) is 19.4 Å². The quantitative estimate of drug-likeness (QED) is 0.896. The minimum Gasteiger partial charge on any atom is -0.392 e. The average molecular weight is 297 g/mol. The van der Waals surface area contributed by atoms with Crippen LogP contribution in [0.4, 0.5) is 0 Å². The number of rotatable bonds is 4.